The van der Waals surface area contributed by atoms with Crippen LogP contribution >= 0.6 is 15.9 Å². The number of nitrogens with one attached hydrogen (secondary N) is 1. The maximum Gasteiger partial charge on any atom is 0.325 e. The van der Waals surface area contributed by atoms with Gasteiger partial charge in [-0.2, -0.15) is 8.42 Å². The van der Waals surface area contributed by atoms with E-state index in [4.69, 9.17) is 4.74 Å². The third kappa shape index (κ3) is 3.74. The van der Waals surface area contributed by atoms with Gasteiger partial charge in [0, 0.05) is 11.3 Å². The van der Waals surface area contributed by atoms with E-state index in [9.17, 15) is 13.2 Å². The number of alkyl halides is 1. The van der Waals surface area contributed by atoms with E-state index in [-0.39, 0.29) is 21.5 Å². The summed E-state index contributed by atoms with van der Waals surface area (Å²) >= 11 is 3.24. The summed E-state index contributed by atoms with van der Waals surface area (Å²) in [7, 11) is -3.66. The first-order valence-corrected chi connectivity index (χ1v) is 9.93. The smallest absolute Gasteiger partial charge is 0.325 e. The van der Waals surface area contributed by atoms with Gasteiger partial charge in [0.25, 0.3) is 10.0 Å². The van der Waals surface area contributed by atoms with Crippen molar-refractivity contribution in [1.29, 1.82) is 0 Å². The van der Waals surface area contributed by atoms with Crippen LogP contribution in [0.15, 0.2) is 57.8 Å². The molecule has 130 valence electrons. The van der Waals surface area contributed by atoms with Gasteiger partial charge in [0.1, 0.15) is 15.5 Å². The molecule has 1 unspecified atom stereocenters. The van der Waals surface area contributed by atoms with Crippen molar-refractivity contribution in [3.8, 4) is 5.75 Å². The zero-order valence-corrected chi connectivity index (χ0v) is 15.7. The number of esters is 1. The Hall–Kier alpha value is -2.19. The van der Waals surface area contributed by atoms with Gasteiger partial charge in [0.2, 0.25) is 0 Å². The van der Waals surface area contributed by atoms with Crippen molar-refractivity contribution in [2.24, 2.45) is 4.40 Å². The zero-order chi connectivity index (χ0) is 18.0. The summed E-state index contributed by atoms with van der Waals surface area (Å²) in [5, 5.41) is 2.99. The fourth-order valence-electron chi connectivity index (χ4n) is 2.29. The van der Waals surface area contributed by atoms with Crippen molar-refractivity contribution in [3.05, 3.63) is 54.1 Å². The van der Waals surface area contributed by atoms with Crippen LogP contribution in [0.4, 0.5) is 5.69 Å². The van der Waals surface area contributed by atoms with Crippen LogP contribution in [0.25, 0.3) is 0 Å². The van der Waals surface area contributed by atoms with Crippen LogP contribution in [0.5, 0.6) is 5.75 Å². The molecule has 0 fully saturated rings. The molecule has 0 saturated carbocycles. The fraction of sp³-hybridized carbons (Fsp3) is 0.176. The predicted octanol–water partition coefficient (Wildman–Crippen LogP) is 3.33. The van der Waals surface area contributed by atoms with Crippen molar-refractivity contribution < 1.29 is 17.9 Å². The van der Waals surface area contributed by atoms with Crippen LogP contribution in [0.1, 0.15) is 18.9 Å². The molecule has 0 spiro atoms. The molecular weight excluding hydrogens is 408 g/mol. The second kappa shape index (κ2) is 6.97. The van der Waals surface area contributed by atoms with Gasteiger partial charge in [-0.3, -0.25) is 4.79 Å². The molecule has 0 saturated heterocycles. The van der Waals surface area contributed by atoms with Crippen molar-refractivity contribution in [1.82, 2.24) is 0 Å². The number of hydrogen-bond acceptors (Lipinski definition) is 5. The zero-order valence-electron chi connectivity index (χ0n) is 13.3. The SMILES string of the molecule is CCC(Br)C(=O)Oc1ccc(NC2=NS(=O)(=O)c3ccccc32)cc1. The van der Waals surface area contributed by atoms with Crippen molar-refractivity contribution in [3.63, 3.8) is 0 Å². The predicted molar refractivity (Wildman–Crippen MR) is 98.9 cm³/mol. The first-order valence-electron chi connectivity index (χ1n) is 7.58. The maximum atomic E-state index is 12.0. The number of nitrogens with zero attached hydrogens (tertiary/aromatic N) is 1. The normalized spacial score (nSPS) is 15.8. The number of benzene rings is 2. The summed E-state index contributed by atoms with van der Waals surface area (Å²) in [6.07, 6.45) is 0.631. The molecule has 1 aliphatic rings. The highest BCUT2D eigenvalue weighted by atomic mass is 79.9. The second-order valence-electron chi connectivity index (χ2n) is 5.36. The molecule has 0 bridgehead atoms. The van der Waals surface area contributed by atoms with Gasteiger partial charge >= 0.3 is 5.97 Å². The van der Waals surface area contributed by atoms with E-state index in [2.05, 4.69) is 25.6 Å². The lowest BCUT2D eigenvalue weighted by atomic mass is 10.2. The highest BCUT2D eigenvalue weighted by Gasteiger charge is 2.28. The van der Waals surface area contributed by atoms with Gasteiger partial charge in [0.15, 0.2) is 5.84 Å². The Kier molecular flexibility index (Phi) is 4.91. The van der Waals surface area contributed by atoms with Crippen LogP contribution in [0, 0.1) is 0 Å². The monoisotopic (exact) mass is 422 g/mol. The van der Waals surface area contributed by atoms with Crippen LogP contribution in [0.3, 0.4) is 0 Å². The first kappa shape index (κ1) is 17.6. The maximum absolute atomic E-state index is 12.0. The molecule has 3 rings (SSSR count). The molecule has 2 aromatic carbocycles. The molecule has 1 N–H and O–H groups in total. The number of anilines is 1. The number of sulfonamides is 1. The number of halogens is 1. The second-order valence-corrected chi connectivity index (χ2v) is 8.04. The number of amidine groups is 1. The standard InChI is InChI=1S/C17H15BrN2O4S/c1-2-14(18)17(21)24-12-9-7-11(8-10-12)19-16-13-5-3-4-6-15(13)25(22,23)20-16/h3-10,14H,2H2,1H3,(H,19,20). The molecule has 1 atom stereocenters. The molecule has 6 nitrogen and oxygen atoms in total. The molecular formula is C17H15BrN2O4S. The largest absolute Gasteiger partial charge is 0.426 e. The quantitative estimate of drug-likeness (QED) is 0.463. The minimum Gasteiger partial charge on any atom is -0.426 e. The molecule has 2 aromatic rings. The van der Waals surface area contributed by atoms with E-state index >= 15 is 0 Å². The van der Waals surface area contributed by atoms with Crippen LogP contribution in [-0.4, -0.2) is 25.0 Å². The average molecular weight is 423 g/mol. The third-order valence-electron chi connectivity index (χ3n) is 3.58. The Balaban J connectivity index is 1.76. The number of fused-ring (bicyclic) bond motifs is 1. The number of carbonyl (C=O) groups is 1. The molecule has 25 heavy (non-hydrogen) atoms. The third-order valence-corrected chi connectivity index (χ3v) is 5.94. The highest BCUT2D eigenvalue weighted by molar-refractivity contribution is 9.10. The Morgan fingerprint density at radius 1 is 1.20 bits per heavy atom. The molecule has 0 aromatic heterocycles. The lowest BCUT2D eigenvalue weighted by Gasteiger charge is -2.09. The minimum atomic E-state index is -3.66. The average Bonchev–Trinajstić information content (AvgIpc) is 2.86. The topological polar surface area (TPSA) is 84.8 Å². The lowest BCUT2D eigenvalue weighted by Crippen LogP contribution is -2.19. The number of carbonyl (C=O) groups excluding carboxylic acids is 1. The highest BCUT2D eigenvalue weighted by Crippen LogP contribution is 2.27. The van der Waals surface area contributed by atoms with Crippen LogP contribution in [0.2, 0.25) is 0 Å². The summed E-state index contributed by atoms with van der Waals surface area (Å²) in [6.45, 7) is 1.88. The summed E-state index contributed by atoms with van der Waals surface area (Å²) < 4.78 is 33.1. The summed E-state index contributed by atoms with van der Waals surface area (Å²) in [5.41, 5.74) is 1.17. The van der Waals surface area contributed by atoms with Gasteiger partial charge in [-0.1, -0.05) is 35.0 Å². The van der Waals surface area contributed by atoms with Gasteiger partial charge in [0.05, 0.1) is 0 Å². The van der Waals surface area contributed by atoms with Crippen molar-refractivity contribution in [2.45, 2.75) is 23.1 Å². The molecule has 0 aliphatic carbocycles. The molecule has 0 amide bonds. The van der Waals surface area contributed by atoms with Crippen LogP contribution < -0.4 is 10.1 Å². The first-order chi connectivity index (χ1) is 11.9. The Bertz CT molecular complexity index is 939. The number of rotatable bonds is 4. The van der Waals surface area contributed by atoms with E-state index < -0.39 is 10.0 Å². The lowest BCUT2D eigenvalue weighted by molar-refractivity contribution is -0.133. The summed E-state index contributed by atoms with van der Waals surface area (Å²) in [6, 6.07) is 13.3. The summed E-state index contributed by atoms with van der Waals surface area (Å²) in [4.78, 5) is 11.6. The van der Waals surface area contributed by atoms with Gasteiger partial charge in [-0.15, -0.1) is 4.40 Å². The number of hydrogen-bond donors (Lipinski definition) is 1. The fourth-order valence-corrected chi connectivity index (χ4v) is 3.55. The number of ether oxygens (including phenoxy) is 1. The van der Waals surface area contributed by atoms with Crippen molar-refractivity contribution >= 4 is 43.4 Å². The molecule has 1 heterocycles. The van der Waals surface area contributed by atoms with E-state index in [1.54, 1.807) is 42.5 Å². The van der Waals surface area contributed by atoms with E-state index in [1.165, 1.54) is 6.07 Å². The Morgan fingerprint density at radius 2 is 1.88 bits per heavy atom. The van der Waals surface area contributed by atoms with Gasteiger partial charge in [-0.05, 0) is 42.8 Å². The minimum absolute atomic E-state index is 0.186. The Labute approximate surface area is 154 Å². The molecule has 1 aliphatic heterocycles. The Morgan fingerprint density at radius 3 is 2.56 bits per heavy atom. The van der Waals surface area contributed by atoms with Crippen LogP contribution in [-0.2, 0) is 14.8 Å². The van der Waals surface area contributed by atoms with Crippen molar-refractivity contribution in [2.75, 3.05) is 5.32 Å². The van der Waals surface area contributed by atoms with E-state index in [0.717, 1.165) is 0 Å². The molecule has 8 heteroatoms. The molecule has 0 radical (unpaired) electrons. The summed E-state index contributed by atoms with van der Waals surface area (Å²) in [5.74, 6) is 0.324. The van der Waals surface area contributed by atoms with Gasteiger partial charge < -0.3 is 10.1 Å². The van der Waals surface area contributed by atoms with E-state index in [0.29, 0.717) is 23.4 Å². The van der Waals surface area contributed by atoms with E-state index in [1.807, 2.05) is 6.92 Å². The van der Waals surface area contributed by atoms with Gasteiger partial charge in [-0.25, -0.2) is 0 Å².